The number of carbonyl (C=O) groups is 1. The summed E-state index contributed by atoms with van der Waals surface area (Å²) in [5, 5.41) is 13.6. The Kier molecular flexibility index (Phi) is 4.25. The zero-order chi connectivity index (χ0) is 14.7. The van der Waals surface area contributed by atoms with Crippen LogP contribution in [0.2, 0.25) is 5.02 Å². The second-order valence-electron chi connectivity index (χ2n) is 4.72. The number of carboxylic acid groups (broad SMARTS) is 1. The van der Waals surface area contributed by atoms with Gasteiger partial charge in [-0.25, -0.2) is 9.48 Å². The first kappa shape index (κ1) is 14.3. The van der Waals surface area contributed by atoms with Crippen molar-refractivity contribution in [3.05, 3.63) is 52.8 Å². The maximum Gasteiger partial charge on any atom is 0.328 e. The predicted octanol–water partition coefficient (Wildman–Crippen LogP) is 3.75. The van der Waals surface area contributed by atoms with Crippen molar-refractivity contribution < 1.29 is 9.90 Å². The number of hydrogen-bond acceptors (Lipinski definition) is 2. The molecule has 0 amide bonds. The van der Waals surface area contributed by atoms with E-state index in [4.69, 9.17) is 16.7 Å². The summed E-state index contributed by atoms with van der Waals surface area (Å²) in [5.41, 5.74) is 2.50. The first-order valence-corrected chi connectivity index (χ1v) is 6.61. The summed E-state index contributed by atoms with van der Waals surface area (Å²) in [5.74, 6) is -0.633. The van der Waals surface area contributed by atoms with Crippen LogP contribution in [-0.4, -0.2) is 20.9 Å². The number of rotatable bonds is 4. The second kappa shape index (κ2) is 5.92. The molecular formula is C15H15ClN2O2. The maximum absolute atomic E-state index is 10.5. The summed E-state index contributed by atoms with van der Waals surface area (Å²) in [4.78, 5) is 10.5. The van der Waals surface area contributed by atoms with Crippen molar-refractivity contribution in [1.82, 2.24) is 9.78 Å². The molecule has 1 heterocycles. The number of hydrogen-bond donors (Lipinski definition) is 1. The van der Waals surface area contributed by atoms with Crippen LogP contribution in [0.15, 0.2) is 36.5 Å². The molecular weight excluding hydrogens is 276 g/mol. The normalized spacial score (nSPS) is 11.4. The number of carboxylic acids is 1. The summed E-state index contributed by atoms with van der Waals surface area (Å²) in [7, 11) is 0. The van der Waals surface area contributed by atoms with Crippen LogP contribution < -0.4 is 0 Å². The lowest BCUT2D eigenvalue weighted by molar-refractivity contribution is -0.131. The monoisotopic (exact) mass is 290 g/mol. The largest absolute Gasteiger partial charge is 0.478 e. The van der Waals surface area contributed by atoms with E-state index in [0.29, 0.717) is 10.9 Å². The topological polar surface area (TPSA) is 55.1 Å². The van der Waals surface area contributed by atoms with Gasteiger partial charge in [0.15, 0.2) is 0 Å². The lowest BCUT2D eigenvalue weighted by Gasteiger charge is -2.06. The fourth-order valence-electron chi connectivity index (χ4n) is 1.76. The average Bonchev–Trinajstić information content (AvgIpc) is 2.86. The van der Waals surface area contributed by atoms with Gasteiger partial charge < -0.3 is 5.11 Å². The molecule has 2 aromatic rings. The highest BCUT2D eigenvalue weighted by molar-refractivity contribution is 6.32. The van der Waals surface area contributed by atoms with E-state index in [1.165, 1.54) is 6.08 Å². The lowest BCUT2D eigenvalue weighted by atomic mass is 10.1. The molecule has 0 saturated carbocycles. The number of aromatic nitrogens is 2. The van der Waals surface area contributed by atoms with Crippen LogP contribution in [0.25, 0.3) is 11.8 Å². The fourth-order valence-corrected chi connectivity index (χ4v) is 2.04. The molecule has 4 nitrogen and oxygen atoms in total. The van der Waals surface area contributed by atoms with Crippen LogP contribution >= 0.6 is 11.6 Å². The summed E-state index contributed by atoms with van der Waals surface area (Å²) >= 11 is 6.23. The summed E-state index contributed by atoms with van der Waals surface area (Å²) in [6.07, 6.45) is 4.44. The molecule has 1 aromatic carbocycles. The number of benzene rings is 1. The van der Waals surface area contributed by atoms with Gasteiger partial charge in [0.2, 0.25) is 0 Å². The Hall–Kier alpha value is -2.07. The zero-order valence-corrected chi connectivity index (χ0v) is 12.0. The van der Waals surface area contributed by atoms with Crippen LogP contribution in [0.3, 0.4) is 0 Å². The number of aliphatic carboxylic acids is 1. The van der Waals surface area contributed by atoms with Gasteiger partial charge in [0.25, 0.3) is 0 Å². The molecule has 0 aliphatic rings. The van der Waals surface area contributed by atoms with E-state index in [-0.39, 0.29) is 0 Å². The van der Waals surface area contributed by atoms with E-state index < -0.39 is 5.97 Å². The van der Waals surface area contributed by atoms with Gasteiger partial charge in [-0.15, -0.1) is 0 Å². The van der Waals surface area contributed by atoms with Crippen molar-refractivity contribution in [2.45, 2.75) is 19.8 Å². The molecule has 1 N–H and O–H groups in total. The molecule has 0 fully saturated rings. The van der Waals surface area contributed by atoms with Crippen LogP contribution in [0.4, 0.5) is 0 Å². The minimum absolute atomic E-state index is 0.354. The molecule has 0 unspecified atom stereocenters. The standard InChI is InChI=1S/C15H15ClN2O2/c1-10(2)13-7-8-18(17-13)14-5-3-11(9-12(14)16)4-6-15(19)20/h3-10H,1-2H3,(H,19,20)/b6-4+. The highest BCUT2D eigenvalue weighted by atomic mass is 35.5. The van der Waals surface area contributed by atoms with E-state index in [0.717, 1.165) is 23.0 Å². The fraction of sp³-hybridized carbons (Fsp3) is 0.200. The summed E-state index contributed by atoms with van der Waals surface area (Å²) in [6, 6.07) is 7.30. The van der Waals surface area contributed by atoms with E-state index in [9.17, 15) is 4.79 Å². The smallest absolute Gasteiger partial charge is 0.328 e. The lowest BCUT2D eigenvalue weighted by Crippen LogP contribution is -1.98. The van der Waals surface area contributed by atoms with Gasteiger partial charge >= 0.3 is 5.97 Å². The Labute approximate surface area is 122 Å². The summed E-state index contributed by atoms with van der Waals surface area (Å²) in [6.45, 7) is 4.15. The Morgan fingerprint density at radius 2 is 2.15 bits per heavy atom. The maximum atomic E-state index is 10.5. The van der Waals surface area contributed by atoms with Gasteiger partial charge in [-0.1, -0.05) is 31.5 Å². The molecule has 2 rings (SSSR count). The predicted molar refractivity (Wildman–Crippen MR) is 79.3 cm³/mol. The molecule has 0 atom stereocenters. The zero-order valence-electron chi connectivity index (χ0n) is 11.2. The Morgan fingerprint density at radius 1 is 1.40 bits per heavy atom. The Balaban J connectivity index is 2.31. The van der Waals surface area contributed by atoms with E-state index in [2.05, 4.69) is 18.9 Å². The highest BCUT2D eigenvalue weighted by Crippen LogP contribution is 2.23. The number of nitrogens with zero attached hydrogens (tertiary/aromatic N) is 2. The van der Waals surface area contributed by atoms with Crippen LogP contribution in [0.5, 0.6) is 0 Å². The van der Waals surface area contributed by atoms with Gasteiger partial charge in [0.05, 0.1) is 16.4 Å². The van der Waals surface area contributed by atoms with E-state index in [1.807, 2.05) is 18.3 Å². The molecule has 0 saturated heterocycles. The van der Waals surface area contributed by atoms with Crippen molar-refractivity contribution in [3.63, 3.8) is 0 Å². The molecule has 0 aliphatic heterocycles. The van der Waals surface area contributed by atoms with Crippen LogP contribution in [0.1, 0.15) is 31.0 Å². The molecule has 0 radical (unpaired) electrons. The Morgan fingerprint density at radius 3 is 2.70 bits per heavy atom. The van der Waals surface area contributed by atoms with Gasteiger partial charge in [-0.05, 0) is 35.8 Å². The Bertz CT molecular complexity index is 660. The van der Waals surface area contributed by atoms with Crippen molar-refractivity contribution in [2.24, 2.45) is 0 Å². The molecule has 0 spiro atoms. The molecule has 5 heteroatoms. The molecule has 20 heavy (non-hydrogen) atoms. The second-order valence-corrected chi connectivity index (χ2v) is 5.13. The molecule has 0 aliphatic carbocycles. The van der Waals surface area contributed by atoms with Gasteiger partial charge in [0.1, 0.15) is 0 Å². The highest BCUT2D eigenvalue weighted by Gasteiger charge is 2.08. The quantitative estimate of drug-likeness (QED) is 0.873. The first-order chi connectivity index (χ1) is 9.47. The van der Waals surface area contributed by atoms with E-state index in [1.54, 1.807) is 16.8 Å². The third-order valence-electron chi connectivity index (χ3n) is 2.84. The third-order valence-corrected chi connectivity index (χ3v) is 3.14. The molecule has 1 aromatic heterocycles. The third kappa shape index (κ3) is 3.27. The van der Waals surface area contributed by atoms with Crippen molar-refractivity contribution in [3.8, 4) is 5.69 Å². The average molecular weight is 291 g/mol. The SMILES string of the molecule is CC(C)c1ccn(-c2ccc(/C=C/C(=O)O)cc2Cl)n1. The minimum Gasteiger partial charge on any atom is -0.478 e. The van der Waals surface area contributed by atoms with Crippen molar-refractivity contribution in [2.75, 3.05) is 0 Å². The minimum atomic E-state index is -0.987. The first-order valence-electron chi connectivity index (χ1n) is 6.24. The van der Waals surface area contributed by atoms with E-state index >= 15 is 0 Å². The number of halogens is 1. The van der Waals surface area contributed by atoms with Crippen molar-refractivity contribution in [1.29, 1.82) is 0 Å². The van der Waals surface area contributed by atoms with Crippen molar-refractivity contribution >= 4 is 23.6 Å². The molecule has 104 valence electrons. The van der Waals surface area contributed by atoms with Gasteiger partial charge in [-0.2, -0.15) is 5.10 Å². The summed E-state index contributed by atoms with van der Waals surface area (Å²) < 4.78 is 1.72. The van der Waals surface area contributed by atoms with Crippen LogP contribution in [-0.2, 0) is 4.79 Å². The van der Waals surface area contributed by atoms with Gasteiger partial charge in [-0.3, -0.25) is 0 Å². The van der Waals surface area contributed by atoms with Crippen LogP contribution in [0, 0.1) is 0 Å². The van der Waals surface area contributed by atoms with Gasteiger partial charge in [0, 0.05) is 12.3 Å². The molecule has 0 bridgehead atoms.